The third-order valence-corrected chi connectivity index (χ3v) is 5.77. The molecule has 7 heteroatoms. The Balaban J connectivity index is 1.50. The maximum absolute atomic E-state index is 11.8. The van der Waals surface area contributed by atoms with E-state index in [-0.39, 0.29) is 5.91 Å². The van der Waals surface area contributed by atoms with Crippen LogP contribution in [0.1, 0.15) is 37.5 Å². The van der Waals surface area contributed by atoms with Gasteiger partial charge < -0.3 is 10.2 Å². The average molecular weight is 379 g/mol. The lowest BCUT2D eigenvalue weighted by molar-refractivity contribution is -0.117. The van der Waals surface area contributed by atoms with Crippen LogP contribution in [-0.4, -0.2) is 27.4 Å². The fraction of sp³-hybridized carbons (Fsp3) is 0.300. The predicted octanol–water partition coefficient (Wildman–Crippen LogP) is 4.59. The molecule has 6 nitrogen and oxygen atoms in total. The van der Waals surface area contributed by atoms with Gasteiger partial charge in [0.2, 0.25) is 5.91 Å². The third kappa shape index (κ3) is 3.83. The molecule has 1 amide bonds. The largest absolute Gasteiger partial charge is 0.325 e. The van der Waals surface area contributed by atoms with Gasteiger partial charge in [-0.25, -0.2) is 15.0 Å². The van der Waals surface area contributed by atoms with Gasteiger partial charge in [0, 0.05) is 24.0 Å². The van der Waals surface area contributed by atoms with Gasteiger partial charge in [-0.2, -0.15) is 0 Å². The molecule has 138 valence electrons. The standard InChI is InChI=1S/C20H21N5OS/c1-13(2)16-12-22-20(27-16)15-5-3-6-18(23-15)24-17-9-8-14(11-21-17)25-10-4-7-19(25)26/h3,5-6,8-9,11-13H,4,7,10H2,1-2H3,(H,21,23,24). The summed E-state index contributed by atoms with van der Waals surface area (Å²) in [6.07, 6.45) is 5.17. The van der Waals surface area contributed by atoms with Crippen molar-refractivity contribution in [2.75, 3.05) is 16.8 Å². The second-order valence-corrected chi connectivity index (χ2v) is 7.87. The normalized spacial score (nSPS) is 14.2. The number of pyridine rings is 2. The summed E-state index contributed by atoms with van der Waals surface area (Å²) in [5, 5.41) is 4.14. The number of thiazole rings is 1. The summed E-state index contributed by atoms with van der Waals surface area (Å²) in [6, 6.07) is 9.61. The van der Waals surface area contributed by atoms with Crippen molar-refractivity contribution in [2.45, 2.75) is 32.6 Å². The van der Waals surface area contributed by atoms with Gasteiger partial charge in [0.15, 0.2) is 0 Å². The summed E-state index contributed by atoms with van der Waals surface area (Å²) in [6.45, 7) is 5.09. The number of amides is 1. The smallest absolute Gasteiger partial charge is 0.227 e. The number of anilines is 3. The minimum Gasteiger partial charge on any atom is -0.325 e. The topological polar surface area (TPSA) is 71.0 Å². The van der Waals surface area contributed by atoms with Gasteiger partial charge in [-0.3, -0.25) is 4.79 Å². The quantitative estimate of drug-likeness (QED) is 0.702. The molecule has 3 aromatic rings. The van der Waals surface area contributed by atoms with Crippen molar-refractivity contribution in [2.24, 2.45) is 0 Å². The molecule has 0 aromatic carbocycles. The van der Waals surface area contributed by atoms with E-state index in [0.29, 0.717) is 24.0 Å². The summed E-state index contributed by atoms with van der Waals surface area (Å²) < 4.78 is 0. The molecule has 0 unspecified atom stereocenters. The molecule has 1 aliphatic rings. The summed E-state index contributed by atoms with van der Waals surface area (Å²) in [5.41, 5.74) is 1.69. The highest BCUT2D eigenvalue weighted by Crippen LogP contribution is 2.29. The highest BCUT2D eigenvalue weighted by molar-refractivity contribution is 7.15. The van der Waals surface area contributed by atoms with Crippen molar-refractivity contribution in [1.29, 1.82) is 0 Å². The summed E-state index contributed by atoms with van der Waals surface area (Å²) in [5.74, 6) is 2.03. The molecule has 0 atom stereocenters. The summed E-state index contributed by atoms with van der Waals surface area (Å²) in [7, 11) is 0. The van der Waals surface area contributed by atoms with Gasteiger partial charge in [0.05, 0.1) is 11.9 Å². The first kappa shape index (κ1) is 17.6. The van der Waals surface area contributed by atoms with Gasteiger partial charge in [-0.05, 0) is 36.6 Å². The van der Waals surface area contributed by atoms with Crippen LogP contribution in [-0.2, 0) is 4.79 Å². The lowest BCUT2D eigenvalue weighted by atomic mass is 10.2. The van der Waals surface area contributed by atoms with E-state index < -0.39 is 0 Å². The molecule has 27 heavy (non-hydrogen) atoms. The van der Waals surface area contributed by atoms with Gasteiger partial charge >= 0.3 is 0 Å². The Morgan fingerprint density at radius 2 is 2.00 bits per heavy atom. The Morgan fingerprint density at radius 3 is 2.67 bits per heavy atom. The SMILES string of the molecule is CC(C)c1cnc(-c2cccc(Nc3ccc(N4CCCC4=O)cn3)n2)s1. The van der Waals surface area contributed by atoms with Crippen LogP contribution < -0.4 is 10.2 Å². The third-order valence-electron chi connectivity index (χ3n) is 4.45. The second kappa shape index (κ2) is 7.44. The number of carbonyl (C=O) groups is 1. The minimum atomic E-state index is 0.163. The molecule has 0 aliphatic carbocycles. The second-order valence-electron chi connectivity index (χ2n) is 6.81. The minimum absolute atomic E-state index is 0.163. The van der Waals surface area contributed by atoms with Crippen molar-refractivity contribution in [3.63, 3.8) is 0 Å². The van der Waals surface area contributed by atoms with Gasteiger partial charge in [0.25, 0.3) is 0 Å². The lowest BCUT2D eigenvalue weighted by Gasteiger charge is -2.15. The monoisotopic (exact) mass is 379 g/mol. The number of hydrogen-bond donors (Lipinski definition) is 1. The van der Waals surface area contributed by atoms with Crippen LogP contribution in [0.3, 0.4) is 0 Å². The van der Waals surface area contributed by atoms with Crippen molar-refractivity contribution < 1.29 is 4.79 Å². The summed E-state index contributed by atoms with van der Waals surface area (Å²) in [4.78, 5) is 28.4. The average Bonchev–Trinajstić information content (AvgIpc) is 3.32. The molecule has 1 N–H and O–H groups in total. The van der Waals surface area contributed by atoms with Gasteiger partial charge in [0.1, 0.15) is 22.3 Å². The number of aromatic nitrogens is 3. The fourth-order valence-corrected chi connectivity index (χ4v) is 3.86. The van der Waals surface area contributed by atoms with E-state index in [1.54, 1.807) is 22.4 Å². The molecule has 3 aromatic heterocycles. The number of nitrogens with one attached hydrogen (secondary N) is 1. The molecule has 0 saturated carbocycles. The van der Waals surface area contributed by atoms with Crippen LogP contribution in [0, 0.1) is 0 Å². The number of nitrogens with zero attached hydrogens (tertiary/aromatic N) is 4. The van der Waals surface area contributed by atoms with Crippen LogP contribution >= 0.6 is 11.3 Å². The van der Waals surface area contributed by atoms with Crippen LogP contribution in [0.25, 0.3) is 10.7 Å². The number of hydrogen-bond acceptors (Lipinski definition) is 6. The van der Waals surface area contributed by atoms with E-state index in [4.69, 9.17) is 0 Å². The Labute approximate surface area is 162 Å². The first-order chi connectivity index (χ1) is 13.1. The Morgan fingerprint density at radius 1 is 1.11 bits per heavy atom. The number of rotatable bonds is 5. The van der Waals surface area contributed by atoms with Crippen LogP contribution in [0.5, 0.6) is 0 Å². The number of carbonyl (C=O) groups excluding carboxylic acids is 1. The molecule has 0 spiro atoms. The molecule has 4 rings (SSSR count). The highest BCUT2D eigenvalue weighted by Gasteiger charge is 2.21. The molecule has 1 aliphatic heterocycles. The molecule has 1 fully saturated rings. The highest BCUT2D eigenvalue weighted by atomic mass is 32.1. The Bertz CT molecular complexity index is 951. The summed E-state index contributed by atoms with van der Waals surface area (Å²) >= 11 is 1.67. The first-order valence-electron chi connectivity index (χ1n) is 9.07. The first-order valence-corrected chi connectivity index (χ1v) is 9.88. The predicted molar refractivity (Wildman–Crippen MR) is 109 cm³/mol. The van der Waals surface area contributed by atoms with Gasteiger partial charge in [-0.1, -0.05) is 19.9 Å². The van der Waals surface area contributed by atoms with Crippen LogP contribution in [0.15, 0.2) is 42.7 Å². The zero-order valence-electron chi connectivity index (χ0n) is 15.3. The molecular formula is C20H21N5OS. The maximum atomic E-state index is 11.8. The maximum Gasteiger partial charge on any atom is 0.227 e. The lowest BCUT2D eigenvalue weighted by Crippen LogP contribution is -2.23. The Hall–Kier alpha value is -2.80. The molecule has 1 saturated heterocycles. The van der Waals surface area contributed by atoms with Crippen molar-refractivity contribution >= 4 is 34.6 Å². The van der Waals surface area contributed by atoms with E-state index in [1.165, 1.54) is 4.88 Å². The van der Waals surface area contributed by atoms with E-state index in [9.17, 15) is 4.79 Å². The van der Waals surface area contributed by atoms with Gasteiger partial charge in [-0.15, -0.1) is 11.3 Å². The molecular weight excluding hydrogens is 358 g/mol. The van der Waals surface area contributed by atoms with Crippen molar-refractivity contribution in [3.05, 3.63) is 47.6 Å². The fourth-order valence-electron chi connectivity index (χ4n) is 2.97. The van der Waals surface area contributed by atoms with Crippen LogP contribution in [0.2, 0.25) is 0 Å². The van der Waals surface area contributed by atoms with E-state index >= 15 is 0 Å². The van der Waals surface area contributed by atoms with Crippen LogP contribution in [0.4, 0.5) is 17.3 Å². The van der Waals surface area contributed by atoms with E-state index in [1.807, 2.05) is 36.5 Å². The Kier molecular flexibility index (Phi) is 4.85. The van der Waals surface area contributed by atoms with Crippen molar-refractivity contribution in [3.8, 4) is 10.7 Å². The van der Waals surface area contributed by atoms with E-state index in [0.717, 1.165) is 29.4 Å². The molecule has 0 bridgehead atoms. The van der Waals surface area contributed by atoms with E-state index in [2.05, 4.69) is 34.1 Å². The van der Waals surface area contributed by atoms with Crippen molar-refractivity contribution in [1.82, 2.24) is 15.0 Å². The zero-order chi connectivity index (χ0) is 18.8. The zero-order valence-corrected chi connectivity index (χ0v) is 16.2. The molecule has 4 heterocycles. The molecule has 0 radical (unpaired) electrons.